The van der Waals surface area contributed by atoms with Crippen molar-refractivity contribution in [3.63, 3.8) is 0 Å². The first-order valence-electron chi connectivity index (χ1n) is 9.25. The lowest BCUT2D eigenvalue weighted by Gasteiger charge is -2.11. The average molecular weight is 407 g/mol. The molecule has 0 unspecified atom stereocenters. The Bertz CT molecular complexity index is 1210. The van der Waals surface area contributed by atoms with Crippen molar-refractivity contribution in [1.82, 2.24) is 19.4 Å². The zero-order chi connectivity index (χ0) is 21.1. The Kier molecular flexibility index (Phi) is 5.21. The molecule has 0 aliphatic heterocycles. The van der Waals surface area contributed by atoms with Crippen molar-refractivity contribution >= 4 is 23.1 Å². The second kappa shape index (κ2) is 8.11. The number of hydrogen-bond donors (Lipinski definition) is 2. The number of benzene rings is 1. The Balaban J connectivity index is 1.46. The van der Waals surface area contributed by atoms with Crippen molar-refractivity contribution in [2.75, 3.05) is 17.6 Å². The van der Waals surface area contributed by atoms with E-state index in [2.05, 4.69) is 20.3 Å². The van der Waals surface area contributed by atoms with Crippen molar-refractivity contribution < 1.29 is 9.31 Å². The first kappa shape index (κ1) is 19.2. The molecule has 30 heavy (non-hydrogen) atoms. The number of fused-ring (bicyclic) bond motifs is 1. The highest BCUT2D eigenvalue weighted by atomic mass is 19.1. The zero-order valence-electron chi connectivity index (χ0n) is 15.8. The number of nitrogens with two attached hydrogens (primary N) is 1. The molecule has 152 valence electrons. The standard InChI is InChI=1S/C20H18FN7O2/c21-14-5-3-13(4-6-14)16-12-18-23-10-11-27(18)20(26-16)24-9-1-2-15-7-8-17(28(29)30)19(22)25-15/h3-8,10-12H,1-2,9H2,(H2,22,25)(H,24,26). The van der Waals surface area contributed by atoms with Gasteiger partial charge in [0.2, 0.25) is 11.8 Å². The van der Waals surface area contributed by atoms with Crippen LogP contribution in [0.1, 0.15) is 12.1 Å². The largest absolute Gasteiger partial charge is 0.378 e. The quantitative estimate of drug-likeness (QED) is 0.273. The van der Waals surface area contributed by atoms with E-state index in [9.17, 15) is 14.5 Å². The van der Waals surface area contributed by atoms with Gasteiger partial charge in [0.15, 0.2) is 0 Å². The molecule has 4 aromatic rings. The number of pyridine rings is 1. The highest BCUT2D eigenvalue weighted by Gasteiger charge is 2.13. The van der Waals surface area contributed by atoms with Gasteiger partial charge in [-0.2, -0.15) is 0 Å². The van der Waals surface area contributed by atoms with Gasteiger partial charge in [-0.25, -0.2) is 19.3 Å². The van der Waals surface area contributed by atoms with Crippen molar-refractivity contribution in [1.29, 1.82) is 0 Å². The van der Waals surface area contributed by atoms with E-state index in [1.54, 1.807) is 30.6 Å². The molecule has 0 fully saturated rings. The number of anilines is 2. The van der Waals surface area contributed by atoms with Gasteiger partial charge in [0.1, 0.15) is 11.5 Å². The Hall–Kier alpha value is -4.08. The van der Waals surface area contributed by atoms with Crippen LogP contribution in [-0.2, 0) is 6.42 Å². The summed E-state index contributed by atoms with van der Waals surface area (Å²) in [5, 5.41) is 14.1. The normalized spacial score (nSPS) is 11.0. The van der Waals surface area contributed by atoms with Gasteiger partial charge in [-0.1, -0.05) is 0 Å². The van der Waals surface area contributed by atoms with Gasteiger partial charge in [-0.05, 0) is 43.2 Å². The second-order valence-corrected chi connectivity index (χ2v) is 6.62. The molecule has 3 heterocycles. The monoisotopic (exact) mass is 407 g/mol. The molecule has 1 aromatic carbocycles. The number of rotatable bonds is 7. The Morgan fingerprint density at radius 3 is 2.70 bits per heavy atom. The number of imidazole rings is 1. The van der Waals surface area contributed by atoms with Gasteiger partial charge in [-0.3, -0.25) is 14.5 Å². The van der Waals surface area contributed by atoms with E-state index in [0.717, 1.165) is 11.2 Å². The maximum atomic E-state index is 13.2. The van der Waals surface area contributed by atoms with Gasteiger partial charge < -0.3 is 11.1 Å². The summed E-state index contributed by atoms with van der Waals surface area (Å²) < 4.78 is 15.1. The molecule has 0 spiro atoms. The highest BCUT2D eigenvalue weighted by Crippen LogP contribution is 2.22. The van der Waals surface area contributed by atoms with Crippen LogP contribution in [0, 0.1) is 15.9 Å². The molecule has 9 nitrogen and oxygen atoms in total. The van der Waals surface area contributed by atoms with Gasteiger partial charge in [-0.15, -0.1) is 0 Å². The van der Waals surface area contributed by atoms with Crippen LogP contribution in [0.3, 0.4) is 0 Å². The molecule has 3 N–H and O–H groups in total. The zero-order valence-corrected chi connectivity index (χ0v) is 15.8. The summed E-state index contributed by atoms with van der Waals surface area (Å²) in [6, 6.07) is 10.9. The van der Waals surface area contributed by atoms with Gasteiger partial charge in [0, 0.05) is 42.3 Å². The van der Waals surface area contributed by atoms with E-state index in [4.69, 9.17) is 5.73 Å². The number of hydrogen-bond acceptors (Lipinski definition) is 7. The molecule has 0 atom stereocenters. The van der Waals surface area contributed by atoms with Crippen molar-refractivity contribution in [2.45, 2.75) is 12.8 Å². The molecular formula is C20H18FN7O2. The third-order valence-corrected chi connectivity index (χ3v) is 4.58. The van der Waals surface area contributed by atoms with E-state index in [1.165, 1.54) is 18.2 Å². The maximum absolute atomic E-state index is 13.2. The summed E-state index contributed by atoms with van der Waals surface area (Å²) in [4.78, 5) is 23.3. The summed E-state index contributed by atoms with van der Waals surface area (Å²) in [6.45, 7) is 0.589. The second-order valence-electron chi connectivity index (χ2n) is 6.62. The number of nitrogen functional groups attached to an aromatic ring is 1. The van der Waals surface area contributed by atoms with Gasteiger partial charge >= 0.3 is 5.69 Å². The van der Waals surface area contributed by atoms with Crippen LogP contribution >= 0.6 is 0 Å². The third kappa shape index (κ3) is 4.02. The Morgan fingerprint density at radius 2 is 1.97 bits per heavy atom. The van der Waals surface area contributed by atoms with Crippen LogP contribution in [0.15, 0.2) is 54.9 Å². The summed E-state index contributed by atoms with van der Waals surface area (Å²) in [6.07, 6.45) is 4.79. The van der Waals surface area contributed by atoms with E-state index >= 15 is 0 Å². The minimum Gasteiger partial charge on any atom is -0.378 e. The van der Waals surface area contributed by atoms with Gasteiger partial charge in [0.25, 0.3) is 0 Å². The molecule has 0 aliphatic carbocycles. The first-order chi connectivity index (χ1) is 14.5. The highest BCUT2D eigenvalue weighted by molar-refractivity contribution is 5.66. The fourth-order valence-corrected chi connectivity index (χ4v) is 3.09. The average Bonchev–Trinajstić information content (AvgIpc) is 3.20. The predicted molar refractivity (Wildman–Crippen MR) is 110 cm³/mol. The molecule has 0 bridgehead atoms. The van der Waals surface area contributed by atoms with Crippen LogP contribution in [-0.4, -0.2) is 30.8 Å². The number of aryl methyl sites for hydroxylation is 1. The summed E-state index contributed by atoms with van der Waals surface area (Å²) >= 11 is 0. The lowest BCUT2D eigenvalue weighted by atomic mass is 10.1. The number of halogens is 1. The molecule has 0 saturated carbocycles. The van der Waals surface area contributed by atoms with Crippen LogP contribution in [0.25, 0.3) is 16.9 Å². The van der Waals surface area contributed by atoms with E-state index < -0.39 is 4.92 Å². The van der Waals surface area contributed by atoms with Crippen molar-refractivity contribution in [3.05, 3.63) is 76.5 Å². The molecule has 4 rings (SSSR count). The molecule has 0 saturated heterocycles. The molecule has 0 aliphatic rings. The molecule has 10 heteroatoms. The number of aromatic nitrogens is 4. The van der Waals surface area contributed by atoms with Crippen LogP contribution in [0.4, 0.5) is 21.8 Å². The summed E-state index contributed by atoms with van der Waals surface area (Å²) in [7, 11) is 0. The Labute approximate surface area is 170 Å². The number of nitrogens with zero attached hydrogens (tertiary/aromatic N) is 5. The van der Waals surface area contributed by atoms with Crippen LogP contribution in [0.5, 0.6) is 0 Å². The molecule has 0 radical (unpaired) electrons. The minimum atomic E-state index is -0.552. The van der Waals surface area contributed by atoms with Crippen LogP contribution < -0.4 is 11.1 Å². The lowest BCUT2D eigenvalue weighted by Crippen LogP contribution is -2.10. The number of nitrogens with one attached hydrogen (secondary N) is 1. The SMILES string of the molecule is Nc1nc(CCCNc2nc(-c3ccc(F)cc3)cc3nccn23)ccc1[N+](=O)[O-]. The molecular weight excluding hydrogens is 389 g/mol. The topological polar surface area (TPSA) is 124 Å². The lowest BCUT2D eigenvalue weighted by molar-refractivity contribution is -0.384. The smallest absolute Gasteiger partial charge is 0.311 e. The van der Waals surface area contributed by atoms with Gasteiger partial charge in [0.05, 0.1) is 10.6 Å². The number of nitro groups is 1. The summed E-state index contributed by atoms with van der Waals surface area (Å²) in [5.74, 6) is 0.222. The van der Waals surface area contributed by atoms with Crippen molar-refractivity contribution in [2.24, 2.45) is 0 Å². The van der Waals surface area contributed by atoms with E-state index in [0.29, 0.717) is 36.7 Å². The predicted octanol–water partition coefficient (Wildman–Crippen LogP) is 3.47. The summed E-state index contributed by atoms with van der Waals surface area (Å²) in [5.41, 5.74) is 8.31. The van der Waals surface area contributed by atoms with Crippen LogP contribution in [0.2, 0.25) is 0 Å². The fourth-order valence-electron chi connectivity index (χ4n) is 3.09. The third-order valence-electron chi connectivity index (χ3n) is 4.58. The maximum Gasteiger partial charge on any atom is 0.311 e. The van der Waals surface area contributed by atoms with E-state index in [1.807, 2.05) is 10.5 Å². The fraction of sp³-hybridized carbons (Fsp3) is 0.150. The Morgan fingerprint density at radius 1 is 1.17 bits per heavy atom. The first-order valence-corrected chi connectivity index (χ1v) is 9.25. The molecule has 0 amide bonds. The molecule has 3 aromatic heterocycles. The van der Waals surface area contributed by atoms with E-state index in [-0.39, 0.29) is 17.3 Å². The van der Waals surface area contributed by atoms with Crippen molar-refractivity contribution in [3.8, 4) is 11.3 Å². The minimum absolute atomic E-state index is 0.0840.